The van der Waals surface area contributed by atoms with Crippen molar-refractivity contribution in [3.8, 4) is 5.75 Å². The molecule has 0 amide bonds. The number of ether oxygens (including phenoxy) is 1. The fourth-order valence-corrected chi connectivity index (χ4v) is 3.21. The van der Waals surface area contributed by atoms with Gasteiger partial charge in [-0.05, 0) is 56.3 Å². The van der Waals surface area contributed by atoms with Crippen LogP contribution in [0.4, 0.5) is 0 Å². The lowest BCUT2D eigenvalue weighted by Gasteiger charge is -2.23. The second-order valence-electron chi connectivity index (χ2n) is 6.09. The van der Waals surface area contributed by atoms with E-state index in [-0.39, 0.29) is 0 Å². The fourth-order valence-electron chi connectivity index (χ4n) is 3.21. The van der Waals surface area contributed by atoms with Gasteiger partial charge in [0.2, 0.25) is 0 Å². The molecule has 2 heteroatoms. The molecule has 1 aliphatic rings. The summed E-state index contributed by atoms with van der Waals surface area (Å²) in [6, 6.07) is 9.08. The predicted octanol–water partition coefficient (Wildman–Crippen LogP) is 4.19. The SMILES string of the molecule is COc1ccc(CCN[C@@H](C)C2CCCCCC2)cc1. The van der Waals surface area contributed by atoms with Crippen molar-refractivity contribution in [3.63, 3.8) is 0 Å². The van der Waals surface area contributed by atoms with Gasteiger partial charge in [-0.25, -0.2) is 0 Å². The van der Waals surface area contributed by atoms with Gasteiger partial charge in [0.1, 0.15) is 5.75 Å². The van der Waals surface area contributed by atoms with E-state index in [2.05, 4.69) is 24.4 Å². The summed E-state index contributed by atoms with van der Waals surface area (Å²) in [7, 11) is 1.71. The molecule has 0 aromatic heterocycles. The van der Waals surface area contributed by atoms with E-state index in [9.17, 15) is 0 Å². The van der Waals surface area contributed by atoms with Gasteiger partial charge in [-0.1, -0.05) is 37.8 Å². The fraction of sp³-hybridized carbons (Fsp3) is 0.667. The Morgan fingerprint density at radius 1 is 1.10 bits per heavy atom. The molecule has 1 atom stereocenters. The Labute approximate surface area is 123 Å². The minimum Gasteiger partial charge on any atom is -0.497 e. The van der Waals surface area contributed by atoms with E-state index < -0.39 is 0 Å². The van der Waals surface area contributed by atoms with Gasteiger partial charge >= 0.3 is 0 Å². The molecule has 0 heterocycles. The second-order valence-corrected chi connectivity index (χ2v) is 6.09. The minimum absolute atomic E-state index is 0.659. The summed E-state index contributed by atoms with van der Waals surface area (Å²) in [5.74, 6) is 1.82. The van der Waals surface area contributed by atoms with Crippen molar-refractivity contribution in [2.45, 2.75) is 57.9 Å². The van der Waals surface area contributed by atoms with E-state index in [4.69, 9.17) is 4.74 Å². The first-order valence-corrected chi connectivity index (χ1v) is 8.16. The van der Waals surface area contributed by atoms with Gasteiger partial charge in [-0.2, -0.15) is 0 Å². The molecule has 1 aliphatic carbocycles. The Bertz CT molecular complexity index is 366. The van der Waals surface area contributed by atoms with Crippen molar-refractivity contribution in [3.05, 3.63) is 29.8 Å². The van der Waals surface area contributed by atoms with Crippen LogP contribution in [0.15, 0.2) is 24.3 Å². The van der Waals surface area contributed by atoms with Crippen LogP contribution in [0.2, 0.25) is 0 Å². The zero-order valence-corrected chi connectivity index (χ0v) is 13.0. The number of nitrogens with one attached hydrogen (secondary N) is 1. The molecule has 0 unspecified atom stereocenters. The maximum Gasteiger partial charge on any atom is 0.118 e. The lowest BCUT2D eigenvalue weighted by molar-refractivity contribution is 0.339. The van der Waals surface area contributed by atoms with Gasteiger partial charge in [0.15, 0.2) is 0 Å². The molecule has 2 rings (SSSR count). The van der Waals surface area contributed by atoms with Crippen LogP contribution in [-0.4, -0.2) is 19.7 Å². The minimum atomic E-state index is 0.659. The molecular weight excluding hydrogens is 246 g/mol. The largest absolute Gasteiger partial charge is 0.497 e. The average Bonchev–Trinajstić information content (AvgIpc) is 2.77. The maximum atomic E-state index is 5.19. The molecule has 2 nitrogen and oxygen atoms in total. The van der Waals surface area contributed by atoms with Gasteiger partial charge in [0.25, 0.3) is 0 Å². The van der Waals surface area contributed by atoms with Crippen molar-refractivity contribution in [1.29, 1.82) is 0 Å². The van der Waals surface area contributed by atoms with Crippen LogP contribution < -0.4 is 10.1 Å². The lowest BCUT2D eigenvalue weighted by atomic mass is 9.93. The van der Waals surface area contributed by atoms with E-state index >= 15 is 0 Å². The Morgan fingerprint density at radius 2 is 1.75 bits per heavy atom. The van der Waals surface area contributed by atoms with E-state index in [1.165, 1.54) is 44.1 Å². The molecular formula is C18H29NO. The molecule has 112 valence electrons. The Morgan fingerprint density at radius 3 is 2.35 bits per heavy atom. The molecule has 1 aromatic carbocycles. The molecule has 0 aliphatic heterocycles. The third kappa shape index (κ3) is 4.82. The smallest absolute Gasteiger partial charge is 0.118 e. The normalized spacial score (nSPS) is 18.5. The quantitative estimate of drug-likeness (QED) is 0.786. The molecule has 1 saturated carbocycles. The van der Waals surface area contributed by atoms with Gasteiger partial charge < -0.3 is 10.1 Å². The highest BCUT2D eigenvalue weighted by Crippen LogP contribution is 2.25. The van der Waals surface area contributed by atoms with Gasteiger partial charge in [0, 0.05) is 6.04 Å². The number of benzene rings is 1. The van der Waals surface area contributed by atoms with E-state index in [0.717, 1.165) is 24.6 Å². The van der Waals surface area contributed by atoms with Crippen molar-refractivity contribution in [2.75, 3.05) is 13.7 Å². The highest BCUT2D eigenvalue weighted by molar-refractivity contribution is 5.27. The van der Waals surface area contributed by atoms with Crippen LogP contribution in [-0.2, 0) is 6.42 Å². The first-order chi connectivity index (χ1) is 9.79. The summed E-state index contributed by atoms with van der Waals surface area (Å²) in [6.07, 6.45) is 9.66. The summed E-state index contributed by atoms with van der Waals surface area (Å²) < 4.78 is 5.19. The monoisotopic (exact) mass is 275 g/mol. The summed E-state index contributed by atoms with van der Waals surface area (Å²) in [4.78, 5) is 0. The van der Waals surface area contributed by atoms with E-state index in [1.807, 2.05) is 12.1 Å². The first kappa shape index (κ1) is 15.4. The van der Waals surface area contributed by atoms with Gasteiger partial charge in [0.05, 0.1) is 7.11 Å². The number of methoxy groups -OCH3 is 1. The molecule has 0 radical (unpaired) electrons. The number of hydrogen-bond acceptors (Lipinski definition) is 2. The van der Waals surface area contributed by atoms with Gasteiger partial charge in [-0.15, -0.1) is 0 Å². The Kier molecular flexibility index (Phi) is 6.38. The van der Waals surface area contributed by atoms with Crippen LogP contribution in [0, 0.1) is 5.92 Å². The molecule has 0 saturated heterocycles. The Balaban J connectivity index is 1.71. The topological polar surface area (TPSA) is 21.3 Å². The lowest BCUT2D eigenvalue weighted by Crippen LogP contribution is -2.34. The van der Waals surface area contributed by atoms with Gasteiger partial charge in [-0.3, -0.25) is 0 Å². The zero-order chi connectivity index (χ0) is 14.2. The third-order valence-corrected chi connectivity index (χ3v) is 4.65. The third-order valence-electron chi connectivity index (χ3n) is 4.65. The molecule has 0 bridgehead atoms. The second kappa shape index (κ2) is 8.31. The summed E-state index contributed by atoms with van der Waals surface area (Å²) in [5, 5.41) is 3.73. The molecule has 1 fully saturated rings. The number of rotatable bonds is 6. The average molecular weight is 275 g/mol. The van der Waals surface area contributed by atoms with Crippen LogP contribution in [0.25, 0.3) is 0 Å². The van der Waals surface area contributed by atoms with Crippen molar-refractivity contribution < 1.29 is 4.74 Å². The van der Waals surface area contributed by atoms with Crippen LogP contribution in [0.5, 0.6) is 5.75 Å². The summed E-state index contributed by atoms with van der Waals surface area (Å²) >= 11 is 0. The summed E-state index contributed by atoms with van der Waals surface area (Å²) in [6.45, 7) is 3.44. The van der Waals surface area contributed by atoms with E-state index in [1.54, 1.807) is 7.11 Å². The Hall–Kier alpha value is -1.02. The standard InChI is InChI=1S/C18H29NO/c1-15(17-7-5-3-4-6-8-17)19-14-13-16-9-11-18(20-2)12-10-16/h9-12,15,17,19H,3-8,13-14H2,1-2H3/t15-/m0/s1. The van der Waals surface area contributed by atoms with Crippen LogP contribution in [0.1, 0.15) is 51.0 Å². The van der Waals surface area contributed by atoms with Crippen LogP contribution in [0.3, 0.4) is 0 Å². The first-order valence-electron chi connectivity index (χ1n) is 8.16. The highest BCUT2D eigenvalue weighted by Gasteiger charge is 2.18. The van der Waals surface area contributed by atoms with Crippen molar-refractivity contribution in [1.82, 2.24) is 5.32 Å². The highest BCUT2D eigenvalue weighted by atomic mass is 16.5. The maximum absolute atomic E-state index is 5.19. The predicted molar refractivity (Wildman–Crippen MR) is 85.4 cm³/mol. The zero-order valence-electron chi connectivity index (χ0n) is 13.0. The molecule has 1 N–H and O–H groups in total. The molecule has 1 aromatic rings. The molecule has 20 heavy (non-hydrogen) atoms. The van der Waals surface area contributed by atoms with E-state index in [0.29, 0.717) is 6.04 Å². The number of hydrogen-bond donors (Lipinski definition) is 1. The van der Waals surface area contributed by atoms with Crippen molar-refractivity contribution >= 4 is 0 Å². The van der Waals surface area contributed by atoms with Crippen molar-refractivity contribution in [2.24, 2.45) is 5.92 Å². The summed E-state index contributed by atoms with van der Waals surface area (Å²) in [5.41, 5.74) is 1.38. The molecule has 0 spiro atoms. The van der Waals surface area contributed by atoms with Crippen LogP contribution >= 0.6 is 0 Å².